The van der Waals surface area contributed by atoms with Crippen LogP contribution in [0.1, 0.15) is 361 Å². The highest BCUT2D eigenvalue weighted by molar-refractivity contribution is 4.60. The first kappa shape index (κ1) is 62.9. The van der Waals surface area contributed by atoms with E-state index >= 15 is 0 Å². The van der Waals surface area contributed by atoms with Gasteiger partial charge in [0, 0.05) is 13.2 Å². The van der Waals surface area contributed by atoms with Gasteiger partial charge in [0.1, 0.15) is 0 Å². The second-order valence-electron chi connectivity index (χ2n) is 21.0. The Morgan fingerprint density at radius 1 is 0.206 bits per heavy atom. The van der Waals surface area contributed by atoms with E-state index in [2.05, 4.69) is 13.8 Å². The minimum Gasteiger partial charge on any atom is -0.393 e. The van der Waals surface area contributed by atoms with Gasteiger partial charge in [0.25, 0.3) is 0 Å². The molecule has 0 spiro atoms. The second-order valence-corrected chi connectivity index (χ2v) is 21.0. The van der Waals surface area contributed by atoms with Crippen molar-refractivity contribution in [3.8, 4) is 0 Å². The van der Waals surface area contributed by atoms with E-state index in [1.165, 1.54) is 321 Å². The standard InChI is InChI=1S/C60H122O3/c1-3-5-7-9-11-13-15-17-19-21-23-25-29-35-41-47-53-59(61)55-49-43-37-31-27-33-39-45-51-57-63-58-52-46-40-34-28-32-38-44-50-56-60(62)54-48-42-36-30-26-24-22-20-18-16-14-12-10-8-6-4-2/h59-62H,3-58H2,1-2H3. The Bertz CT molecular complexity index is 709. The largest absolute Gasteiger partial charge is 0.393 e. The van der Waals surface area contributed by atoms with Crippen molar-refractivity contribution in [2.75, 3.05) is 13.2 Å². The summed E-state index contributed by atoms with van der Waals surface area (Å²) in [6.45, 7) is 6.51. The molecule has 0 radical (unpaired) electrons. The molecule has 0 heterocycles. The molecule has 0 aliphatic heterocycles. The van der Waals surface area contributed by atoms with Gasteiger partial charge in [-0.15, -0.1) is 0 Å². The van der Waals surface area contributed by atoms with E-state index in [4.69, 9.17) is 4.74 Å². The predicted molar refractivity (Wildman–Crippen MR) is 283 cm³/mol. The number of aliphatic hydroxyl groups excluding tert-OH is 2. The Morgan fingerprint density at radius 3 is 0.524 bits per heavy atom. The molecule has 2 N–H and O–H groups in total. The number of aliphatic hydroxyl groups is 2. The Balaban J connectivity index is 3.18. The molecule has 0 saturated heterocycles. The second kappa shape index (κ2) is 58.0. The van der Waals surface area contributed by atoms with Crippen LogP contribution in [0.3, 0.4) is 0 Å². The van der Waals surface area contributed by atoms with Crippen molar-refractivity contribution in [2.45, 2.75) is 373 Å². The van der Waals surface area contributed by atoms with E-state index in [0.29, 0.717) is 0 Å². The molecular formula is C60H122O3. The summed E-state index contributed by atoms with van der Waals surface area (Å²) in [5.74, 6) is 0. The van der Waals surface area contributed by atoms with Crippen LogP contribution in [0.4, 0.5) is 0 Å². The Morgan fingerprint density at radius 2 is 0.349 bits per heavy atom. The average molecular weight is 892 g/mol. The lowest BCUT2D eigenvalue weighted by Gasteiger charge is -2.10. The summed E-state index contributed by atoms with van der Waals surface area (Å²) in [5.41, 5.74) is 0. The van der Waals surface area contributed by atoms with Gasteiger partial charge in [-0.2, -0.15) is 0 Å². The fourth-order valence-corrected chi connectivity index (χ4v) is 9.89. The molecule has 3 heteroatoms. The van der Waals surface area contributed by atoms with E-state index in [-0.39, 0.29) is 12.2 Å². The molecule has 0 aromatic rings. The first-order valence-electron chi connectivity index (χ1n) is 30.1. The minimum absolute atomic E-state index is 0.0561. The lowest BCUT2D eigenvalue weighted by Crippen LogP contribution is -2.05. The van der Waals surface area contributed by atoms with Crippen LogP contribution in [-0.4, -0.2) is 35.6 Å². The molecule has 0 aliphatic rings. The average Bonchev–Trinajstić information content (AvgIpc) is 3.29. The van der Waals surface area contributed by atoms with Gasteiger partial charge in [-0.25, -0.2) is 0 Å². The lowest BCUT2D eigenvalue weighted by molar-refractivity contribution is 0.125. The first-order chi connectivity index (χ1) is 31.2. The van der Waals surface area contributed by atoms with E-state index < -0.39 is 0 Å². The summed E-state index contributed by atoms with van der Waals surface area (Å²) in [5, 5.41) is 20.8. The van der Waals surface area contributed by atoms with Crippen LogP contribution in [0.25, 0.3) is 0 Å². The zero-order valence-corrected chi connectivity index (χ0v) is 44.1. The molecule has 0 bridgehead atoms. The highest BCUT2D eigenvalue weighted by atomic mass is 16.5. The quantitative estimate of drug-likeness (QED) is 0.0598. The molecule has 0 aromatic carbocycles. The molecule has 0 aromatic heterocycles. The summed E-state index contributed by atoms with van der Waals surface area (Å²) >= 11 is 0. The van der Waals surface area contributed by atoms with Crippen LogP contribution in [-0.2, 0) is 4.74 Å². The van der Waals surface area contributed by atoms with Crippen molar-refractivity contribution in [3.05, 3.63) is 0 Å². The zero-order chi connectivity index (χ0) is 45.5. The maximum absolute atomic E-state index is 10.4. The van der Waals surface area contributed by atoms with Crippen molar-refractivity contribution in [2.24, 2.45) is 0 Å². The van der Waals surface area contributed by atoms with E-state index in [1.54, 1.807) is 0 Å². The summed E-state index contributed by atoms with van der Waals surface area (Å²) in [7, 11) is 0. The maximum Gasteiger partial charge on any atom is 0.0540 e. The van der Waals surface area contributed by atoms with Gasteiger partial charge in [0.15, 0.2) is 0 Å². The van der Waals surface area contributed by atoms with Gasteiger partial charge in [0.2, 0.25) is 0 Å². The third kappa shape index (κ3) is 57.9. The minimum atomic E-state index is -0.0561. The Hall–Kier alpha value is -0.120. The van der Waals surface area contributed by atoms with Gasteiger partial charge in [0.05, 0.1) is 12.2 Å². The van der Waals surface area contributed by atoms with Crippen molar-refractivity contribution < 1.29 is 14.9 Å². The van der Waals surface area contributed by atoms with E-state index in [0.717, 1.165) is 38.9 Å². The van der Waals surface area contributed by atoms with Crippen LogP contribution in [0.15, 0.2) is 0 Å². The van der Waals surface area contributed by atoms with Crippen LogP contribution in [0, 0.1) is 0 Å². The van der Waals surface area contributed by atoms with Crippen LogP contribution in [0.5, 0.6) is 0 Å². The van der Waals surface area contributed by atoms with Crippen LogP contribution >= 0.6 is 0 Å². The molecular weight excluding hydrogens is 769 g/mol. The Labute approximate surface area is 399 Å². The molecule has 63 heavy (non-hydrogen) atoms. The van der Waals surface area contributed by atoms with Crippen LogP contribution < -0.4 is 0 Å². The van der Waals surface area contributed by atoms with Gasteiger partial charge >= 0.3 is 0 Å². The van der Waals surface area contributed by atoms with Gasteiger partial charge in [-0.05, 0) is 38.5 Å². The SMILES string of the molecule is CCCCCCCCCCCCCCCCCCC(O)CCCCCCCCCCCOCCCCCCCCCCCC(O)CCCCCCCCCCCCCCCCCC. The summed E-state index contributed by atoms with van der Waals surface area (Å²) < 4.78 is 5.93. The molecule has 2 atom stereocenters. The molecule has 0 aliphatic carbocycles. The van der Waals surface area contributed by atoms with E-state index in [9.17, 15) is 10.2 Å². The molecule has 0 rings (SSSR count). The van der Waals surface area contributed by atoms with Crippen molar-refractivity contribution in [1.82, 2.24) is 0 Å². The Kier molecular flexibility index (Phi) is 57.9. The molecule has 0 saturated carbocycles. The predicted octanol–water partition coefficient (Wildman–Crippen LogP) is 20.8. The monoisotopic (exact) mass is 891 g/mol. The van der Waals surface area contributed by atoms with Crippen molar-refractivity contribution >= 4 is 0 Å². The zero-order valence-electron chi connectivity index (χ0n) is 44.1. The fraction of sp³-hybridized carbons (Fsp3) is 1.00. The molecule has 3 nitrogen and oxygen atoms in total. The molecule has 0 fully saturated rings. The molecule has 380 valence electrons. The number of hydrogen-bond donors (Lipinski definition) is 2. The topological polar surface area (TPSA) is 49.7 Å². The normalized spacial score (nSPS) is 12.8. The van der Waals surface area contributed by atoms with Crippen molar-refractivity contribution in [3.63, 3.8) is 0 Å². The van der Waals surface area contributed by atoms with Gasteiger partial charge < -0.3 is 14.9 Å². The number of hydrogen-bond acceptors (Lipinski definition) is 3. The van der Waals surface area contributed by atoms with Gasteiger partial charge in [-0.3, -0.25) is 0 Å². The number of rotatable bonds is 58. The maximum atomic E-state index is 10.4. The fourth-order valence-electron chi connectivity index (χ4n) is 9.89. The number of ether oxygens (including phenoxy) is 1. The molecule has 2 unspecified atom stereocenters. The lowest BCUT2D eigenvalue weighted by atomic mass is 10.0. The molecule has 0 amide bonds. The first-order valence-corrected chi connectivity index (χ1v) is 30.1. The van der Waals surface area contributed by atoms with E-state index in [1.807, 2.05) is 0 Å². The smallest absolute Gasteiger partial charge is 0.0540 e. The summed E-state index contributed by atoms with van der Waals surface area (Å²) in [6, 6.07) is 0. The van der Waals surface area contributed by atoms with Crippen LogP contribution in [0.2, 0.25) is 0 Å². The highest BCUT2D eigenvalue weighted by Gasteiger charge is 2.06. The third-order valence-electron chi connectivity index (χ3n) is 14.4. The third-order valence-corrected chi connectivity index (χ3v) is 14.4. The van der Waals surface area contributed by atoms with Gasteiger partial charge in [-0.1, -0.05) is 322 Å². The van der Waals surface area contributed by atoms with Crippen molar-refractivity contribution in [1.29, 1.82) is 0 Å². The summed E-state index contributed by atoms with van der Waals surface area (Å²) in [6.07, 6.45) is 73.0. The summed E-state index contributed by atoms with van der Waals surface area (Å²) in [4.78, 5) is 0. The highest BCUT2D eigenvalue weighted by Crippen LogP contribution is 2.19. The number of unbranched alkanes of at least 4 members (excludes halogenated alkanes) is 46.